The Hall–Kier alpha value is -3.99. The Morgan fingerprint density at radius 2 is 2.00 bits per heavy atom. The second-order valence-electron chi connectivity index (χ2n) is 8.43. The van der Waals surface area contributed by atoms with E-state index in [9.17, 15) is 23.2 Å². The Morgan fingerprint density at radius 3 is 2.62 bits per heavy atom. The SMILES string of the molecule is CCN(CCNN(C)C(=O)CNCc1c[nH]nn1)c1c(F)cc(N2C[C@H](CNC(=O)C(F)F)OC2=O)cc1F. The van der Waals surface area contributed by atoms with Crippen molar-refractivity contribution in [1.82, 2.24) is 36.5 Å². The van der Waals surface area contributed by atoms with Crippen LogP contribution in [0.2, 0.25) is 0 Å². The largest absolute Gasteiger partial charge is 0.442 e. The second kappa shape index (κ2) is 13.7. The molecule has 3 amide bonds. The molecule has 1 saturated heterocycles. The lowest BCUT2D eigenvalue weighted by atomic mass is 10.2. The molecule has 2 aromatic rings. The predicted octanol–water partition coefficient (Wildman–Crippen LogP) is 0.369. The Bertz CT molecular complexity index is 1120. The molecule has 4 N–H and O–H groups in total. The summed E-state index contributed by atoms with van der Waals surface area (Å²) in [6.07, 6.45) is -3.53. The summed E-state index contributed by atoms with van der Waals surface area (Å²) >= 11 is 0. The second-order valence-corrected chi connectivity index (χ2v) is 8.43. The van der Waals surface area contributed by atoms with Crippen LogP contribution in [0.25, 0.3) is 0 Å². The van der Waals surface area contributed by atoms with Crippen molar-refractivity contribution in [2.24, 2.45) is 0 Å². The maximum Gasteiger partial charge on any atom is 0.414 e. The van der Waals surface area contributed by atoms with E-state index in [-0.39, 0.29) is 56.6 Å². The summed E-state index contributed by atoms with van der Waals surface area (Å²) in [4.78, 5) is 37.8. The van der Waals surface area contributed by atoms with Crippen molar-refractivity contribution in [3.05, 3.63) is 35.7 Å². The zero-order valence-electron chi connectivity index (χ0n) is 21.2. The van der Waals surface area contributed by atoms with Gasteiger partial charge in [0, 0.05) is 51.6 Å². The fraction of sp³-hybridized carbons (Fsp3) is 0.500. The number of likely N-dealkylation sites (N-methyl/N-ethyl adjacent to an activating group) is 2. The van der Waals surface area contributed by atoms with Gasteiger partial charge in [0.15, 0.2) is 11.6 Å². The molecule has 39 heavy (non-hydrogen) atoms. The van der Waals surface area contributed by atoms with Gasteiger partial charge in [0.2, 0.25) is 5.91 Å². The molecule has 0 spiro atoms. The first kappa shape index (κ1) is 29.6. The zero-order chi connectivity index (χ0) is 28.5. The molecule has 1 aliphatic heterocycles. The summed E-state index contributed by atoms with van der Waals surface area (Å²) in [5.41, 5.74) is 3.07. The highest BCUT2D eigenvalue weighted by atomic mass is 19.3. The summed E-state index contributed by atoms with van der Waals surface area (Å²) in [6, 6.07) is 1.93. The maximum atomic E-state index is 15.0. The molecule has 13 nitrogen and oxygen atoms in total. The molecule has 1 aromatic carbocycles. The van der Waals surface area contributed by atoms with Crippen molar-refractivity contribution < 1.29 is 36.7 Å². The van der Waals surface area contributed by atoms with Gasteiger partial charge in [0.25, 0.3) is 5.91 Å². The van der Waals surface area contributed by atoms with Gasteiger partial charge in [0.05, 0.1) is 31.0 Å². The third kappa shape index (κ3) is 8.00. The number of benzene rings is 1. The molecule has 1 aromatic heterocycles. The van der Waals surface area contributed by atoms with Crippen LogP contribution in [0.5, 0.6) is 0 Å². The van der Waals surface area contributed by atoms with Gasteiger partial charge in [-0.1, -0.05) is 5.21 Å². The van der Waals surface area contributed by atoms with Crippen molar-refractivity contribution in [3.63, 3.8) is 0 Å². The van der Waals surface area contributed by atoms with Gasteiger partial charge in [-0.2, -0.15) is 8.78 Å². The van der Waals surface area contributed by atoms with Crippen LogP contribution in [-0.4, -0.2) is 97.2 Å². The van der Waals surface area contributed by atoms with E-state index < -0.39 is 36.2 Å². The van der Waals surface area contributed by atoms with Crippen LogP contribution >= 0.6 is 0 Å². The Kier molecular flexibility index (Phi) is 10.4. The summed E-state index contributed by atoms with van der Waals surface area (Å²) in [6.45, 7) is 2.07. The molecule has 3 rings (SSSR count). The van der Waals surface area contributed by atoms with Crippen molar-refractivity contribution in [1.29, 1.82) is 0 Å². The molecule has 1 atom stereocenters. The molecular formula is C22H29F4N9O4. The number of alkyl halides is 2. The van der Waals surface area contributed by atoms with E-state index in [1.165, 1.54) is 17.0 Å². The number of hydrogen-bond donors (Lipinski definition) is 4. The third-order valence-corrected chi connectivity index (χ3v) is 5.74. The van der Waals surface area contributed by atoms with Crippen molar-refractivity contribution >= 4 is 29.3 Å². The van der Waals surface area contributed by atoms with Crippen LogP contribution < -0.4 is 25.9 Å². The highest BCUT2D eigenvalue weighted by Crippen LogP contribution is 2.31. The number of rotatable bonds is 14. The van der Waals surface area contributed by atoms with Gasteiger partial charge in [-0.05, 0) is 6.92 Å². The van der Waals surface area contributed by atoms with Crippen LogP contribution in [-0.2, 0) is 20.9 Å². The van der Waals surface area contributed by atoms with Gasteiger partial charge in [-0.3, -0.25) is 24.6 Å². The molecule has 0 aliphatic carbocycles. The fourth-order valence-electron chi connectivity index (χ4n) is 3.74. The number of aromatic amines is 1. The number of halogens is 4. The van der Waals surface area contributed by atoms with Crippen molar-refractivity contribution in [2.75, 3.05) is 56.1 Å². The highest BCUT2D eigenvalue weighted by Gasteiger charge is 2.34. The van der Waals surface area contributed by atoms with E-state index in [2.05, 4.69) is 26.2 Å². The molecule has 0 radical (unpaired) electrons. The molecule has 0 saturated carbocycles. The molecular weight excluding hydrogens is 530 g/mol. The summed E-state index contributed by atoms with van der Waals surface area (Å²) in [7, 11) is 1.52. The topological polar surface area (TPSA) is 148 Å². The van der Waals surface area contributed by atoms with Gasteiger partial charge in [-0.25, -0.2) is 19.0 Å². The van der Waals surface area contributed by atoms with E-state index in [1.807, 2.05) is 5.32 Å². The van der Waals surface area contributed by atoms with Crippen molar-refractivity contribution in [3.8, 4) is 0 Å². The van der Waals surface area contributed by atoms with Crippen LogP contribution in [0.4, 0.5) is 33.7 Å². The average molecular weight is 560 g/mol. The van der Waals surface area contributed by atoms with E-state index >= 15 is 8.78 Å². The van der Waals surface area contributed by atoms with E-state index in [0.717, 1.165) is 17.0 Å². The lowest BCUT2D eigenvalue weighted by molar-refractivity contribution is -0.132. The van der Waals surface area contributed by atoms with Gasteiger partial charge in [-0.15, -0.1) is 5.10 Å². The minimum Gasteiger partial charge on any atom is -0.442 e. The number of anilines is 2. The average Bonchev–Trinajstić information content (AvgIpc) is 3.54. The highest BCUT2D eigenvalue weighted by molar-refractivity contribution is 5.90. The van der Waals surface area contributed by atoms with E-state index in [0.29, 0.717) is 12.2 Å². The summed E-state index contributed by atoms with van der Waals surface area (Å²) < 4.78 is 59.7. The minimum absolute atomic E-state index is 0.0248. The standard InChI is InChI=1S/C22H29F4N9O4/c1-3-34(5-4-30-33(2)18(36)11-27-8-13-9-29-32-31-13)19-16(23)6-14(7-17(19)24)35-12-15(39-22(35)38)10-28-21(37)20(25)26/h6-7,9,15,20,27,30H,3-5,8,10-12H2,1-2H3,(H,28,37)(H,29,31,32)/t15-/m0/s1. The summed E-state index contributed by atoms with van der Waals surface area (Å²) in [5, 5.41) is 16.0. The van der Waals surface area contributed by atoms with Gasteiger partial charge >= 0.3 is 12.5 Å². The number of carbonyl (C=O) groups excluding carboxylic acids is 3. The number of hydrogen-bond acceptors (Lipinski definition) is 9. The normalized spacial score (nSPS) is 15.0. The molecule has 0 unspecified atom stereocenters. The Morgan fingerprint density at radius 1 is 1.28 bits per heavy atom. The lowest BCUT2D eigenvalue weighted by Gasteiger charge is -2.27. The molecule has 2 heterocycles. The minimum atomic E-state index is -3.22. The van der Waals surface area contributed by atoms with E-state index in [1.54, 1.807) is 13.1 Å². The van der Waals surface area contributed by atoms with Gasteiger partial charge < -0.3 is 20.3 Å². The molecule has 1 aliphatic rings. The smallest absolute Gasteiger partial charge is 0.414 e. The van der Waals surface area contributed by atoms with Crippen LogP contribution in [0, 0.1) is 11.6 Å². The maximum absolute atomic E-state index is 15.0. The predicted molar refractivity (Wildman–Crippen MR) is 130 cm³/mol. The number of nitrogens with one attached hydrogen (secondary N) is 4. The fourth-order valence-corrected chi connectivity index (χ4v) is 3.74. The zero-order valence-corrected chi connectivity index (χ0v) is 21.2. The first-order chi connectivity index (χ1) is 18.6. The lowest BCUT2D eigenvalue weighted by Crippen LogP contribution is -2.46. The number of cyclic esters (lactones) is 1. The van der Waals surface area contributed by atoms with Crippen LogP contribution in [0.3, 0.4) is 0 Å². The molecule has 17 heteroatoms. The number of ether oxygens (including phenoxy) is 1. The monoisotopic (exact) mass is 559 g/mol. The molecule has 0 bridgehead atoms. The number of carbonyl (C=O) groups is 3. The van der Waals surface area contributed by atoms with E-state index in [4.69, 9.17) is 4.74 Å². The van der Waals surface area contributed by atoms with Gasteiger partial charge in [0.1, 0.15) is 11.8 Å². The Labute approximate surface area is 220 Å². The van der Waals surface area contributed by atoms with Crippen molar-refractivity contribution in [2.45, 2.75) is 26.0 Å². The van der Waals surface area contributed by atoms with Crippen LogP contribution in [0.1, 0.15) is 12.6 Å². The number of hydrazine groups is 1. The first-order valence-electron chi connectivity index (χ1n) is 11.9. The number of aromatic nitrogens is 3. The number of H-pyrrole nitrogens is 1. The van der Waals surface area contributed by atoms with Crippen LogP contribution in [0.15, 0.2) is 18.3 Å². The number of amides is 3. The molecule has 1 fully saturated rings. The quantitative estimate of drug-likeness (QED) is 0.190. The Balaban J connectivity index is 1.53. The first-order valence-corrected chi connectivity index (χ1v) is 11.9. The molecule has 214 valence electrons. The number of nitrogens with zero attached hydrogens (tertiary/aromatic N) is 5. The summed E-state index contributed by atoms with van der Waals surface area (Å²) in [5.74, 6) is -3.66. The third-order valence-electron chi connectivity index (χ3n) is 5.74.